The van der Waals surface area contributed by atoms with Gasteiger partial charge in [-0.3, -0.25) is 24.1 Å². The van der Waals surface area contributed by atoms with E-state index in [0.29, 0.717) is 17.7 Å². The number of methoxy groups -OCH3 is 1. The molecule has 1 aromatic heterocycles. The number of oxime groups is 1. The summed E-state index contributed by atoms with van der Waals surface area (Å²) in [7, 11) is 1.50. The maximum atomic E-state index is 14.0. The first kappa shape index (κ1) is 38.2. The van der Waals surface area contributed by atoms with Crippen molar-refractivity contribution in [1.29, 1.82) is 0 Å². The van der Waals surface area contributed by atoms with Gasteiger partial charge in [0.05, 0.1) is 6.61 Å². The molecule has 0 bridgehead atoms. The summed E-state index contributed by atoms with van der Waals surface area (Å²) in [5.74, 6) is -2.05. The summed E-state index contributed by atoms with van der Waals surface area (Å²) in [6.45, 7) is 5.38. The lowest BCUT2D eigenvalue weighted by Crippen LogP contribution is -2.71. The number of ether oxygens (including phenoxy) is 3. The molecular formula is C36H39N5O9S2. The molecule has 14 nitrogen and oxygen atoms in total. The van der Waals surface area contributed by atoms with Crippen LogP contribution in [0.15, 0.2) is 82.5 Å². The Morgan fingerprint density at radius 1 is 1.08 bits per heavy atom. The van der Waals surface area contributed by atoms with Crippen LogP contribution in [0.2, 0.25) is 0 Å². The van der Waals surface area contributed by atoms with Gasteiger partial charge in [0.25, 0.3) is 11.8 Å². The number of nitrogens with zero attached hydrogens (tertiary/aromatic N) is 3. The van der Waals surface area contributed by atoms with Crippen molar-refractivity contribution in [3.8, 4) is 0 Å². The fraction of sp³-hybridized carbons (Fsp3) is 0.361. The Hall–Kier alpha value is -5.06. The monoisotopic (exact) mass is 749 g/mol. The number of thiazole rings is 1. The molecule has 3 amide bonds. The third-order valence-electron chi connectivity index (χ3n) is 7.61. The van der Waals surface area contributed by atoms with Gasteiger partial charge >= 0.3 is 11.9 Å². The zero-order valence-electron chi connectivity index (χ0n) is 29.0. The highest BCUT2D eigenvalue weighted by Crippen LogP contribution is 2.41. The number of hydrogen-bond donors (Lipinski definition) is 2. The molecule has 0 spiro atoms. The topological polar surface area (TPSA) is 175 Å². The van der Waals surface area contributed by atoms with E-state index >= 15 is 0 Å². The second kappa shape index (κ2) is 17.4. The molecule has 0 aliphatic carbocycles. The second-order valence-electron chi connectivity index (χ2n) is 12.6. The molecule has 2 aromatic carbocycles. The van der Waals surface area contributed by atoms with E-state index in [-0.39, 0.29) is 48.3 Å². The molecule has 1 unspecified atom stereocenters. The van der Waals surface area contributed by atoms with Crippen LogP contribution < -0.4 is 10.6 Å². The van der Waals surface area contributed by atoms with Gasteiger partial charge in [0, 0.05) is 24.7 Å². The van der Waals surface area contributed by atoms with Crippen LogP contribution in [-0.4, -0.2) is 88.9 Å². The highest BCUT2D eigenvalue weighted by Gasteiger charge is 2.55. The smallest absolute Gasteiger partial charge is 0.356 e. The summed E-state index contributed by atoms with van der Waals surface area (Å²) in [6, 6.07) is 17.6. The van der Waals surface area contributed by atoms with E-state index in [1.54, 1.807) is 20.8 Å². The average Bonchev–Trinajstić information content (AvgIpc) is 3.59. The molecule has 2 N–H and O–H groups in total. The first-order chi connectivity index (χ1) is 25.0. The lowest BCUT2D eigenvalue weighted by molar-refractivity contribution is -0.155. The molecule has 3 heterocycles. The predicted octanol–water partition coefficient (Wildman–Crippen LogP) is 4.19. The number of carbonyl (C=O) groups excluding carboxylic acids is 5. The highest BCUT2D eigenvalue weighted by molar-refractivity contribution is 8.00. The standard InChI is InChI=1S/C36H39N5O9S2/c1-36(2,3)50-26(43)16-11-17-48-40-27(25-20-52-35(38-25)37-21-42)31(44)39-28-32(45)41-29(24(18-47-4)19-51-33(28)41)34(46)49-30(22-12-7-5-8-13-22)23-14-9-6-10-15-23/h5-10,12-15,20-21,28,30,33H,11,16-19H2,1-4H3,(H,39,44)(H,37,38,42)/t28?,33-/m0/s1. The lowest BCUT2D eigenvalue weighted by atomic mass is 10.0. The minimum Gasteiger partial charge on any atom is -0.460 e. The number of anilines is 1. The van der Waals surface area contributed by atoms with Crippen molar-refractivity contribution in [1.82, 2.24) is 15.2 Å². The van der Waals surface area contributed by atoms with Crippen LogP contribution in [0, 0.1) is 0 Å². The Balaban J connectivity index is 1.32. The predicted molar refractivity (Wildman–Crippen MR) is 194 cm³/mol. The van der Waals surface area contributed by atoms with Gasteiger partial charge in [-0.15, -0.1) is 23.1 Å². The minimum absolute atomic E-state index is 0.0142. The molecular weight excluding hydrogens is 711 g/mol. The second-order valence-corrected chi connectivity index (χ2v) is 14.6. The van der Waals surface area contributed by atoms with Crippen molar-refractivity contribution >= 4 is 64.1 Å². The number of hydrogen-bond acceptors (Lipinski definition) is 13. The Morgan fingerprint density at radius 3 is 2.37 bits per heavy atom. The van der Waals surface area contributed by atoms with Gasteiger partial charge in [-0.05, 0) is 43.9 Å². The summed E-state index contributed by atoms with van der Waals surface area (Å²) in [6.07, 6.45) is 0.0435. The number of benzene rings is 2. The fourth-order valence-electron chi connectivity index (χ4n) is 5.40. The van der Waals surface area contributed by atoms with E-state index in [4.69, 9.17) is 19.0 Å². The van der Waals surface area contributed by atoms with E-state index in [1.165, 1.54) is 29.2 Å². The Labute approximate surface area is 308 Å². The summed E-state index contributed by atoms with van der Waals surface area (Å²) >= 11 is 2.42. The summed E-state index contributed by atoms with van der Waals surface area (Å²) in [4.78, 5) is 75.5. The molecule has 2 aliphatic heterocycles. The van der Waals surface area contributed by atoms with E-state index in [9.17, 15) is 24.0 Å². The SMILES string of the molecule is COCC1=C(C(=O)OC(c2ccccc2)c2ccccc2)N2C(=O)C(NC(=O)C(=NOCCCC(=O)OC(C)(C)C)c3csc(NC=O)n3)[C@@H]2SC1. The van der Waals surface area contributed by atoms with Crippen LogP contribution >= 0.6 is 23.1 Å². The summed E-state index contributed by atoms with van der Waals surface area (Å²) in [5, 5.41) is 10.2. The van der Waals surface area contributed by atoms with E-state index in [2.05, 4.69) is 20.8 Å². The van der Waals surface area contributed by atoms with Crippen LogP contribution in [0.1, 0.15) is 56.5 Å². The van der Waals surface area contributed by atoms with Crippen LogP contribution in [0.5, 0.6) is 0 Å². The first-order valence-corrected chi connectivity index (χ1v) is 18.3. The zero-order valence-corrected chi connectivity index (χ0v) is 30.7. The van der Waals surface area contributed by atoms with Crippen LogP contribution in [0.25, 0.3) is 0 Å². The third kappa shape index (κ3) is 9.43. The van der Waals surface area contributed by atoms with Gasteiger partial charge in [-0.25, -0.2) is 9.78 Å². The molecule has 2 atom stereocenters. The van der Waals surface area contributed by atoms with E-state index < -0.39 is 46.9 Å². The van der Waals surface area contributed by atoms with Crippen molar-refractivity contribution in [2.45, 2.75) is 56.7 Å². The van der Waals surface area contributed by atoms with Gasteiger partial charge in [-0.1, -0.05) is 65.8 Å². The molecule has 274 valence electrons. The quantitative estimate of drug-likeness (QED) is 0.0537. The van der Waals surface area contributed by atoms with Gasteiger partial charge in [-0.2, -0.15) is 0 Å². The normalized spacial score (nSPS) is 17.2. The maximum absolute atomic E-state index is 14.0. The number of rotatable bonds is 16. The number of esters is 2. The number of nitrogens with one attached hydrogen (secondary N) is 2. The largest absolute Gasteiger partial charge is 0.460 e. The van der Waals surface area contributed by atoms with Crippen LogP contribution in [0.4, 0.5) is 5.13 Å². The van der Waals surface area contributed by atoms with Crippen LogP contribution in [-0.2, 0) is 43.0 Å². The first-order valence-electron chi connectivity index (χ1n) is 16.4. The highest BCUT2D eigenvalue weighted by atomic mass is 32.2. The average molecular weight is 750 g/mol. The lowest BCUT2D eigenvalue weighted by Gasteiger charge is -2.49. The van der Waals surface area contributed by atoms with Crippen molar-refractivity contribution in [2.24, 2.45) is 5.16 Å². The van der Waals surface area contributed by atoms with Crippen molar-refractivity contribution < 1.29 is 43.0 Å². The Morgan fingerprint density at radius 2 is 1.75 bits per heavy atom. The molecule has 52 heavy (non-hydrogen) atoms. The third-order valence-corrected chi connectivity index (χ3v) is 9.73. The zero-order chi connectivity index (χ0) is 37.3. The number of carbonyl (C=O) groups is 5. The molecule has 16 heteroatoms. The van der Waals surface area contributed by atoms with Crippen LogP contribution in [0.3, 0.4) is 0 Å². The molecule has 5 rings (SSSR count). The van der Waals surface area contributed by atoms with Gasteiger partial charge in [0.15, 0.2) is 16.9 Å². The number of amides is 3. The molecule has 2 aliphatic rings. The van der Waals surface area contributed by atoms with Crippen molar-refractivity contribution in [3.63, 3.8) is 0 Å². The van der Waals surface area contributed by atoms with Crippen molar-refractivity contribution in [3.05, 3.63) is 94.1 Å². The molecule has 1 saturated heterocycles. The Kier molecular flexibility index (Phi) is 12.8. The molecule has 3 aromatic rings. The number of β-lactam (4-membered cyclic amide) rings is 1. The van der Waals surface area contributed by atoms with Gasteiger partial charge in [0.1, 0.15) is 35.0 Å². The van der Waals surface area contributed by atoms with E-state index in [0.717, 1.165) is 22.5 Å². The summed E-state index contributed by atoms with van der Waals surface area (Å²) < 4.78 is 16.8. The fourth-order valence-corrected chi connectivity index (χ4v) is 7.38. The minimum atomic E-state index is -1.02. The molecule has 0 saturated carbocycles. The molecule has 0 radical (unpaired) electrons. The molecule has 1 fully saturated rings. The number of aromatic nitrogens is 1. The maximum Gasteiger partial charge on any atom is 0.356 e. The van der Waals surface area contributed by atoms with Crippen molar-refractivity contribution in [2.75, 3.05) is 31.4 Å². The van der Waals surface area contributed by atoms with Gasteiger partial charge < -0.3 is 29.7 Å². The Bertz CT molecular complexity index is 1790. The van der Waals surface area contributed by atoms with E-state index in [1.807, 2.05) is 60.7 Å². The number of thioether (sulfide) groups is 1. The summed E-state index contributed by atoms with van der Waals surface area (Å²) in [5.41, 5.74) is 1.38. The number of fused-ring (bicyclic) bond motifs is 1. The van der Waals surface area contributed by atoms with Gasteiger partial charge in [0.2, 0.25) is 6.41 Å².